The molecule has 1 aliphatic rings. The summed E-state index contributed by atoms with van der Waals surface area (Å²) < 4.78 is 31.2. The quantitative estimate of drug-likeness (QED) is 0.255. The molecule has 3 aromatic heterocycles. The fourth-order valence-electron chi connectivity index (χ4n) is 4.66. The fourth-order valence-corrected chi connectivity index (χ4v) is 6.91. The summed E-state index contributed by atoms with van der Waals surface area (Å²) >= 11 is 7.39. The van der Waals surface area contributed by atoms with Crippen LogP contribution in [0.5, 0.6) is 0 Å². The van der Waals surface area contributed by atoms with Crippen LogP contribution in [0.3, 0.4) is 0 Å². The smallest absolute Gasteiger partial charge is 0.265 e. The van der Waals surface area contributed by atoms with Gasteiger partial charge in [-0.3, -0.25) is 18.9 Å². The van der Waals surface area contributed by atoms with E-state index in [9.17, 15) is 18.0 Å². The van der Waals surface area contributed by atoms with Crippen molar-refractivity contribution in [3.63, 3.8) is 0 Å². The molecule has 1 aliphatic heterocycles. The van der Waals surface area contributed by atoms with Crippen LogP contribution < -0.4 is 15.6 Å². The summed E-state index contributed by atoms with van der Waals surface area (Å²) in [4.78, 5) is 39.3. The molecule has 15 heteroatoms. The number of hydrogen-bond acceptors (Lipinski definition) is 9. The van der Waals surface area contributed by atoms with Gasteiger partial charge in [-0.15, -0.1) is 0 Å². The van der Waals surface area contributed by atoms with Gasteiger partial charge in [0, 0.05) is 34.6 Å². The summed E-state index contributed by atoms with van der Waals surface area (Å²) in [7, 11) is -3.90. The van der Waals surface area contributed by atoms with Crippen LogP contribution in [0, 0.1) is 13.8 Å². The van der Waals surface area contributed by atoms with Gasteiger partial charge in [0.05, 0.1) is 22.8 Å². The van der Waals surface area contributed by atoms with E-state index >= 15 is 0 Å². The maximum atomic E-state index is 13.4. The summed E-state index contributed by atoms with van der Waals surface area (Å²) in [6.45, 7) is 3.42. The molecule has 5 aromatic rings. The van der Waals surface area contributed by atoms with Crippen molar-refractivity contribution in [2.45, 2.75) is 36.4 Å². The molecule has 214 valence electrons. The highest BCUT2D eigenvalue weighted by Gasteiger charge is 2.29. The van der Waals surface area contributed by atoms with E-state index in [1.54, 1.807) is 47.4 Å². The van der Waals surface area contributed by atoms with Crippen LogP contribution in [0.25, 0.3) is 16.7 Å². The van der Waals surface area contributed by atoms with Gasteiger partial charge >= 0.3 is 0 Å². The van der Waals surface area contributed by atoms with Crippen molar-refractivity contribution in [3.05, 3.63) is 87.7 Å². The first kappa shape index (κ1) is 27.9. The number of aromatic nitrogens is 6. The van der Waals surface area contributed by atoms with E-state index in [0.717, 1.165) is 5.69 Å². The number of thioether (sulfide) groups is 1. The molecule has 0 radical (unpaired) electrons. The summed E-state index contributed by atoms with van der Waals surface area (Å²) in [6.07, 6.45) is 1.51. The second-order valence-electron chi connectivity index (χ2n) is 9.63. The Bertz CT molecular complexity index is 1990. The average molecular weight is 623 g/mol. The van der Waals surface area contributed by atoms with Gasteiger partial charge in [0.15, 0.2) is 10.8 Å². The monoisotopic (exact) mass is 622 g/mol. The van der Waals surface area contributed by atoms with Crippen molar-refractivity contribution >= 4 is 61.8 Å². The van der Waals surface area contributed by atoms with Crippen molar-refractivity contribution < 1.29 is 13.2 Å². The Morgan fingerprint density at radius 3 is 2.52 bits per heavy atom. The first-order chi connectivity index (χ1) is 20.1. The maximum Gasteiger partial charge on any atom is 0.265 e. The molecule has 0 saturated heterocycles. The number of aryl methyl sites for hydroxylation is 2. The molecule has 4 heterocycles. The first-order valence-corrected chi connectivity index (χ1v) is 15.6. The standard InChI is InChI=1S/C27H23ClN8O4S2/c1-15-11-23(31-16(2)30-15)34-42(39,40)21-9-5-18(6-10-21)32-24(37)12-20-14-41-27-33-25-22(26(38)35(20)27)13-29-36(25)19-7-3-17(28)4-8-19/h3-11,13,20H,12,14H2,1-2H3,(H,32,37)(H,30,31,34). The minimum Gasteiger partial charge on any atom is -0.326 e. The van der Waals surface area contributed by atoms with Gasteiger partial charge in [-0.2, -0.15) is 5.10 Å². The van der Waals surface area contributed by atoms with Crippen LogP contribution in [0.2, 0.25) is 5.02 Å². The number of anilines is 2. The van der Waals surface area contributed by atoms with Crippen LogP contribution >= 0.6 is 23.4 Å². The largest absolute Gasteiger partial charge is 0.326 e. The summed E-state index contributed by atoms with van der Waals surface area (Å²) in [5, 5.41) is 8.58. The third-order valence-corrected chi connectivity index (χ3v) is 9.24. The van der Waals surface area contributed by atoms with Crippen LogP contribution in [-0.2, 0) is 14.8 Å². The average Bonchev–Trinajstić information content (AvgIpc) is 3.53. The lowest BCUT2D eigenvalue weighted by Crippen LogP contribution is -2.27. The molecule has 1 atom stereocenters. The Hall–Kier alpha value is -4.27. The number of rotatable bonds is 7. The molecule has 0 spiro atoms. The molecule has 1 unspecified atom stereocenters. The molecule has 2 N–H and O–H groups in total. The Labute approximate surface area is 249 Å². The van der Waals surface area contributed by atoms with Gasteiger partial charge in [-0.1, -0.05) is 23.4 Å². The van der Waals surface area contributed by atoms with Crippen molar-refractivity contribution in [1.82, 2.24) is 29.3 Å². The summed E-state index contributed by atoms with van der Waals surface area (Å²) in [5.74, 6) is 0.801. The number of carbonyl (C=O) groups excluding carboxylic acids is 1. The zero-order valence-corrected chi connectivity index (χ0v) is 24.7. The van der Waals surface area contributed by atoms with Crippen LogP contribution in [0.15, 0.2) is 75.6 Å². The van der Waals surface area contributed by atoms with E-state index < -0.39 is 16.1 Å². The van der Waals surface area contributed by atoms with Gasteiger partial charge in [-0.25, -0.2) is 28.1 Å². The topological polar surface area (TPSA) is 154 Å². The number of halogens is 1. The number of nitrogens with one attached hydrogen (secondary N) is 2. The zero-order chi connectivity index (χ0) is 29.6. The molecule has 0 saturated carbocycles. The molecule has 0 aliphatic carbocycles. The minimum atomic E-state index is -3.90. The van der Waals surface area contributed by atoms with Gasteiger partial charge in [0.2, 0.25) is 5.91 Å². The van der Waals surface area contributed by atoms with E-state index in [2.05, 4.69) is 30.1 Å². The molecule has 2 aromatic carbocycles. The third-order valence-electron chi connectivity index (χ3n) is 6.52. The number of amides is 1. The number of sulfonamides is 1. The van der Waals surface area contributed by atoms with E-state index in [0.29, 0.717) is 44.2 Å². The molecule has 1 amide bonds. The normalized spacial score (nSPS) is 14.6. The number of carbonyl (C=O) groups is 1. The van der Waals surface area contributed by atoms with E-state index in [1.807, 2.05) is 0 Å². The van der Waals surface area contributed by atoms with Gasteiger partial charge in [0.25, 0.3) is 15.6 Å². The predicted octanol–water partition coefficient (Wildman–Crippen LogP) is 4.12. The van der Waals surface area contributed by atoms with Gasteiger partial charge < -0.3 is 5.32 Å². The van der Waals surface area contributed by atoms with Gasteiger partial charge in [-0.05, 0) is 62.4 Å². The number of hydrogen-bond donors (Lipinski definition) is 2. The third kappa shape index (κ3) is 5.47. The predicted molar refractivity (Wildman–Crippen MR) is 160 cm³/mol. The van der Waals surface area contributed by atoms with Crippen molar-refractivity contribution in [2.24, 2.45) is 0 Å². The summed E-state index contributed by atoms with van der Waals surface area (Å²) in [6, 6.07) is 14.0. The SMILES string of the molecule is Cc1cc(NS(=O)(=O)c2ccc(NC(=O)CC3CSc4nc5c(cnn5-c5ccc(Cl)cc5)c(=O)n43)cc2)nc(C)n1. The highest BCUT2D eigenvalue weighted by atomic mass is 35.5. The molecule has 0 bridgehead atoms. The lowest BCUT2D eigenvalue weighted by Gasteiger charge is -2.14. The van der Waals surface area contributed by atoms with Crippen LogP contribution in [-0.4, -0.2) is 49.4 Å². The highest BCUT2D eigenvalue weighted by molar-refractivity contribution is 7.99. The van der Waals surface area contributed by atoms with E-state index in [1.165, 1.54) is 48.3 Å². The van der Waals surface area contributed by atoms with Crippen molar-refractivity contribution in [1.29, 1.82) is 0 Å². The lowest BCUT2D eigenvalue weighted by molar-refractivity contribution is -0.116. The fraction of sp³-hybridized carbons (Fsp3) is 0.185. The molecular formula is C27H23ClN8O4S2. The van der Waals surface area contributed by atoms with E-state index in [4.69, 9.17) is 11.6 Å². The second kappa shape index (κ2) is 10.9. The second-order valence-corrected chi connectivity index (χ2v) is 12.7. The van der Waals surface area contributed by atoms with Crippen LogP contribution in [0.1, 0.15) is 24.0 Å². The van der Waals surface area contributed by atoms with Crippen molar-refractivity contribution in [3.8, 4) is 5.69 Å². The molecule has 6 rings (SSSR count). The molecular weight excluding hydrogens is 600 g/mol. The molecule has 0 fully saturated rings. The van der Waals surface area contributed by atoms with Gasteiger partial charge in [0.1, 0.15) is 17.0 Å². The van der Waals surface area contributed by atoms with E-state index in [-0.39, 0.29) is 28.6 Å². The molecule has 12 nitrogen and oxygen atoms in total. The number of nitrogens with zero attached hydrogens (tertiary/aromatic N) is 6. The number of fused-ring (bicyclic) bond motifs is 2. The highest BCUT2D eigenvalue weighted by Crippen LogP contribution is 2.33. The Balaban J connectivity index is 1.15. The first-order valence-electron chi connectivity index (χ1n) is 12.7. The minimum absolute atomic E-state index is 0.0105. The Morgan fingerprint density at radius 1 is 1.07 bits per heavy atom. The molecule has 42 heavy (non-hydrogen) atoms. The number of benzene rings is 2. The van der Waals surface area contributed by atoms with Crippen LogP contribution in [0.4, 0.5) is 11.5 Å². The Morgan fingerprint density at radius 2 is 1.81 bits per heavy atom. The zero-order valence-electron chi connectivity index (χ0n) is 22.3. The van der Waals surface area contributed by atoms with Crippen molar-refractivity contribution in [2.75, 3.05) is 15.8 Å². The Kier molecular flexibility index (Phi) is 7.20. The lowest BCUT2D eigenvalue weighted by atomic mass is 10.2. The summed E-state index contributed by atoms with van der Waals surface area (Å²) in [5.41, 5.74) is 1.94. The maximum absolute atomic E-state index is 13.4.